The quantitative estimate of drug-likeness (QED) is 0.296. The van der Waals surface area contributed by atoms with Crippen LogP contribution in [0.5, 0.6) is 0 Å². The number of allylic oxidation sites excluding steroid dienone is 1. The minimum Gasteiger partial charge on any atom is -0.462 e. The number of benzene rings is 1. The van der Waals surface area contributed by atoms with E-state index in [0.29, 0.717) is 36.0 Å². The molecule has 0 atom stereocenters. The summed E-state index contributed by atoms with van der Waals surface area (Å²) >= 11 is 1.32. The van der Waals surface area contributed by atoms with E-state index < -0.39 is 0 Å². The van der Waals surface area contributed by atoms with Gasteiger partial charge in [-0.25, -0.2) is 4.79 Å². The van der Waals surface area contributed by atoms with Crippen molar-refractivity contribution in [2.45, 2.75) is 25.0 Å². The van der Waals surface area contributed by atoms with Gasteiger partial charge < -0.3 is 19.2 Å². The largest absolute Gasteiger partial charge is 0.462 e. The van der Waals surface area contributed by atoms with E-state index in [-0.39, 0.29) is 17.6 Å². The molecule has 1 N–H and O–H groups in total. The Balaban J connectivity index is 1.60. The standard InChI is InChI=1S/C22H25N5O3S/c1-4-12-27-19(14-18-7-6-13-26(18)3)24-25-22(27)31-15-20(28)23-17-10-8-16(9-11-17)21(29)30-5-2/h4,6-11,13H,1,5,12,14-15H2,2-3H3,(H,23,28). The van der Waals surface area contributed by atoms with Crippen LogP contribution in [-0.2, 0) is 29.5 Å². The van der Waals surface area contributed by atoms with Crippen molar-refractivity contribution in [1.29, 1.82) is 0 Å². The van der Waals surface area contributed by atoms with Gasteiger partial charge in [0.05, 0.1) is 17.9 Å². The number of carbonyl (C=O) groups excluding carboxylic acids is 2. The van der Waals surface area contributed by atoms with Crippen molar-refractivity contribution >= 4 is 29.3 Å². The molecule has 0 saturated heterocycles. The van der Waals surface area contributed by atoms with Gasteiger partial charge >= 0.3 is 5.97 Å². The molecule has 1 amide bonds. The number of nitrogens with zero attached hydrogens (tertiary/aromatic N) is 4. The molecule has 0 spiro atoms. The van der Waals surface area contributed by atoms with Crippen molar-refractivity contribution in [3.8, 4) is 0 Å². The topological polar surface area (TPSA) is 91.0 Å². The fourth-order valence-electron chi connectivity index (χ4n) is 2.94. The van der Waals surface area contributed by atoms with Crippen LogP contribution in [0.1, 0.15) is 28.8 Å². The number of hydrogen-bond donors (Lipinski definition) is 1. The second kappa shape index (κ2) is 10.6. The van der Waals surface area contributed by atoms with E-state index >= 15 is 0 Å². The van der Waals surface area contributed by atoms with E-state index in [0.717, 1.165) is 11.5 Å². The monoisotopic (exact) mass is 439 g/mol. The van der Waals surface area contributed by atoms with Crippen LogP contribution < -0.4 is 5.32 Å². The molecule has 0 aliphatic carbocycles. The van der Waals surface area contributed by atoms with E-state index in [1.165, 1.54) is 11.8 Å². The number of nitrogens with one attached hydrogen (secondary N) is 1. The lowest BCUT2D eigenvalue weighted by atomic mass is 10.2. The molecule has 8 nitrogen and oxygen atoms in total. The summed E-state index contributed by atoms with van der Waals surface area (Å²) in [5.41, 5.74) is 2.17. The first-order valence-corrected chi connectivity index (χ1v) is 10.8. The van der Waals surface area contributed by atoms with Crippen molar-refractivity contribution in [2.24, 2.45) is 7.05 Å². The highest BCUT2D eigenvalue weighted by Crippen LogP contribution is 2.20. The molecule has 162 valence electrons. The molecule has 0 aliphatic heterocycles. The van der Waals surface area contributed by atoms with Crippen LogP contribution in [0.4, 0.5) is 5.69 Å². The number of carbonyl (C=O) groups is 2. The Morgan fingerprint density at radius 3 is 2.65 bits per heavy atom. The maximum absolute atomic E-state index is 12.4. The first kappa shape index (κ1) is 22.4. The van der Waals surface area contributed by atoms with E-state index in [1.807, 2.05) is 34.5 Å². The third-order valence-corrected chi connectivity index (χ3v) is 5.47. The molecule has 3 aromatic rings. The first-order valence-electron chi connectivity index (χ1n) is 9.84. The fraction of sp³-hybridized carbons (Fsp3) is 0.273. The predicted molar refractivity (Wildman–Crippen MR) is 120 cm³/mol. The summed E-state index contributed by atoms with van der Waals surface area (Å²) in [6.07, 6.45) is 4.42. The Kier molecular flexibility index (Phi) is 7.66. The molecule has 0 radical (unpaired) electrons. The van der Waals surface area contributed by atoms with Crippen LogP contribution in [0.2, 0.25) is 0 Å². The zero-order valence-corrected chi connectivity index (χ0v) is 18.4. The Morgan fingerprint density at radius 2 is 2.00 bits per heavy atom. The van der Waals surface area contributed by atoms with Gasteiger partial charge in [0.15, 0.2) is 5.16 Å². The van der Waals surface area contributed by atoms with Gasteiger partial charge in [-0.15, -0.1) is 16.8 Å². The van der Waals surface area contributed by atoms with Crippen LogP contribution in [0, 0.1) is 0 Å². The summed E-state index contributed by atoms with van der Waals surface area (Å²) in [6.45, 7) is 6.44. The third-order valence-electron chi connectivity index (χ3n) is 4.51. The molecule has 0 aliphatic rings. The number of aryl methyl sites for hydroxylation is 1. The highest BCUT2D eigenvalue weighted by atomic mass is 32.2. The Labute approximate surface area is 185 Å². The Morgan fingerprint density at radius 1 is 1.23 bits per heavy atom. The maximum Gasteiger partial charge on any atom is 0.338 e. The number of hydrogen-bond acceptors (Lipinski definition) is 6. The van der Waals surface area contributed by atoms with Crippen molar-refractivity contribution in [3.63, 3.8) is 0 Å². The Hall–Kier alpha value is -3.33. The van der Waals surface area contributed by atoms with Gasteiger partial charge in [-0.05, 0) is 43.3 Å². The minimum absolute atomic E-state index is 0.175. The summed E-state index contributed by atoms with van der Waals surface area (Å²) in [4.78, 5) is 24.1. The van der Waals surface area contributed by atoms with E-state index in [2.05, 4.69) is 22.1 Å². The van der Waals surface area contributed by atoms with E-state index in [9.17, 15) is 9.59 Å². The van der Waals surface area contributed by atoms with Crippen molar-refractivity contribution in [2.75, 3.05) is 17.7 Å². The van der Waals surface area contributed by atoms with Gasteiger partial charge in [0.2, 0.25) is 5.91 Å². The zero-order chi connectivity index (χ0) is 22.2. The summed E-state index contributed by atoms with van der Waals surface area (Å²) in [5, 5.41) is 12.1. The maximum atomic E-state index is 12.4. The molecule has 31 heavy (non-hydrogen) atoms. The number of ether oxygens (including phenoxy) is 1. The smallest absolute Gasteiger partial charge is 0.338 e. The van der Waals surface area contributed by atoms with Gasteiger partial charge in [0.1, 0.15) is 5.82 Å². The summed E-state index contributed by atoms with van der Waals surface area (Å²) in [7, 11) is 1.99. The zero-order valence-electron chi connectivity index (χ0n) is 17.6. The van der Waals surface area contributed by atoms with E-state index in [4.69, 9.17) is 4.74 Å². The Bertz CT molecular complexity index is 1060. The molecule has 1 aromatic carbocycles. The molecule has 0 bridgehead atoms. The number of amides is 1. The minimum atomic E-state index is -0.386. The van der Waals surface area contributed by atoms with Gasteiger partial charge in [-0.3, -0.25) is 4.79 Å². The van der Waals surface area contributed by atoms with Crippen LogP contribution >= 0.6 is 11.8 Å². The normalized spacial score (nSPS) is 10.6. The number of rotatable bonds is 10. The summed E-state index contributed by atoms with van der Waals surface area (Å²) in [5.74, 6) is 0.438. The van der Waals surface area contributed by atoms with Crippen LogP contribution in [0.25, 0.3) is 0 Å². The average molecular weight is 440 g/mol. The molecule has 0 saturated carbocycles. The first-order chi connectivity index (χ1) is 15.0. The lowest BCUT2D eigenvalue weighted by Gasteiger charge is -2.09. The third kappa shape index (κ3) is 5.85. The van der Waals surface area contributed by atoms with Crippen LogP contribution in [0.15, 0.2) is 60.4 Å². The number of aromatic nitrogens is 4. The highest BCUT2D eigenvalue weighted by Gasteiger charge is 2.15. The number of thioether (sulfide) groups is 1. The molecule has 0 unspecified atom stereocenters. The van der Waals surface area contributed by atoms with E-state index in [1.54, 1.807) is 37.3 Å². The fourth-order valence-corrected chi connectivity index (χ4v) is 3.71. The summed E-state index contributed by atoms with van der Waals surface area (Å²) in [6, 6.07) is 10.6. The lowest BCUT2D eigenvalue weighted by Crippen LogP contribution is -2.15. The second-order valence-corrected chi connectivity index (χ2v) is 7.66. The molecule has 0 fully saturated rings. The van der Waals surface area contributed by atoms with Gasteiger partial charge in [-0.1, -0.05) is 17.8 Å². The van der Waals surface area contributed by atoms with Crippen molar-refractivity contribution in [3.05, 3.63) is 72.3 Å². The van der Waals surface area contributed by atoms with Crippen LogP contribution in [0.3, 0.4) is 0 Å². The van der Waals surface area contributed by atoms with Gasteiger partial charge in [-0.2, -0.15) is 0 Å². The van der Waals surface area contributed by atoms with Crippen molar-refractivity contribution < 1.29 is 14.3 Å². The molecule has 2 aromatic heterocycles. The van der Waals surface area contributed by atoms with Crippen LogP contribution in [-0.4, -0.2) is 43.6 Å². The molecular formula is C22H25N5O3S. The second-order valence-electron chi connectivity index (χ2n) is 6.72. The average Bonchev–Trinajstić information content (AvgIpc) is 3.34. The molecule has 3 rings (SSSR count). The van der Waals surface area contributed by atoms with Gasteiger partial charge in [0, 0.05) is 37.6 Å². The number of esters is 1. The van der Waals surface area contributed by atoms with Crippen molar-refractivity contribution in [1.82, 2.24) is 19.3 Å². The van der Waals surface area contributed by atoms with Gasteiger partial charge in [0.25, 0.3) is 0 Å². The highest BCUT2D eigenvalue weighted by molar-refractivity contribution is 7.99. The molecule has 2 heterocycles. The molecular weight excluding hydrogens is 414 g/mol. The molecule has 9 heteroatoms. The lowest BCUT2D eigenvalue weighted by molar-refractivity contribution is -0.113. The predicted octanol–water partition coefficient (Wildman–Crippen LogP) is 3.30. The SMILES string of the molecule is C=CCn1c(Cc2cccn2C)nnc1SCC(=O)Nc1ccc(C(=O)OCC)cc1. The summed E-state index contributed by atoms with van der Waals surface area (Å²) < 4.78 is 8.96. The number of anilines is 1.